The summed E-state index contributed by atoms with van der Waals surface area (Å²) in [5.74, 6) is -0.0435. The number of carbonyl (C=O) groups excluding carboxylic acids is 3. The summed E-state index contributed by atoms with van der Waals surface area (Å²) in [6.07, 6.45) is 4.15. The van der Waals surface area contributed by atoms with Gasteiger partial charge in [-0.05, 0) is 61.3 Å². The fourth-order valence-electron chi connectivity index (χ4n) is 6.75. The predicted molar refractivity (Wildman–Crippen MR) is 117 cm³/mol. The SMILES string of the molecule is N#C[C@@H]1C[C@@H]2CC2N1C(=O)[C@@H](N)CN1C[C@@H]2C[C@H]1C(=O)N2[C@@H]1CCc2cc(C(N)=O)ccc21. The molecule has 0 spiro atoms. The molecule has 2 bridgehead atoms. The molecule has 9 nitrogen and oxygen atoms in total. The van der Waals surface area contributed by atoms with Crippen molar-refractivity contribution in [2.75, 3.05) is 13.1 Å². The van der Waals surface area contributed by atoms with Gasteiger partial charge in [-0.1, -0.05) is 6.07 Å². The van der Waals surface area contributed by atoms with Gasteiger partial charge >= 0.3 is 0 Å². The van der Waals surface area contributed by atoms with Crippen LogP contribution in [0.25, 0.3) is 0 Å². The van der Waals surface area contributed by atoms with E-state index in [9.17, 15) is 19.6 Å². The van der Waals surface area contributed by atoms with Crippen LogP contribution < -0.4 is 11.5 Å². The van der Waals surface area contributed by atoms with Crippen molar-refractivity contribution in [1.29, 1.82) is 5.26 Å². The lowest BCUT2D eigenvalue weighted by atomic mass is 10.0. The summed E-state index contributed by atoms with van der Waals surface area (Å²) in [5, 5.41) is 9.39. The zero-order valence-electron chi connectivity index (χ0n) is 18.4. The third kappa shape index (κ3) is 3.08. The fraction of sp³-hybridized carbons (Fsp3) is 0.583. The van der Waals surface area contributed by atoms with Gasteiger partial charge in [0.2, 0.25) is 17.7 Å². The number of benzene rings is 1. The first kappa shape index (κ1) is 20.6. The molecule has 3 aliphatic heterocycles. The molecule has 4 N–H and O–H groups in total. The van der Waals surface area contributed by atoms with Crippen molar-refractivity contribution < 1.29 is 14.4 Å². The Hall–Kier alpha value is -2.96. The zero-order chi connectivity index (χ0) is 23.0. The van der Waals surface area contributed by atoms with Gasteiger partial charge in [-0.15, -0.1) is 0 Å². The summed E-state index contributed by atoms with van der Waals surface area (Å²) in [4.78, 5) is 43.6. The van der Waals surface area contributed by atoms with Crippen LogP contribution >= 0.6 is 0 Å². The fourth-order valence-corrected chi connectivity index (χ4v) is 6.75. The molecular formula is C24H28N6O3. The molecule has 4 fully saturated rings. The standard InChI is InChI=1S/C24H28N6O3/c25-9-15-6-14-7-20(14)29(15)23(32)18(26)11-28-10-16-8-21(28)24(33)30(16)19-4-2-12-5-13(22(27)31)1-3-17(12)19/h1,3,5,14-16,18-21H,2,4,6-8,10-11,26H2,(H2,27,31)/t14-,15+,16+,18+,19-,20?,21+/m1/s1. The quantitative estimate of drug-likeness (QED) is 0.645. The largest absolute Gasteiger partial charge is 0.366 e. The molecule has 3 amide bonds. The number of hydrogen-bond acceptors (Lipinski definition) is 6. The van der Waals surface area contributed by atoms with Crippen molar-refractivity contribution in [3.8, 4) is 6.07 Å². The second-order valence-corrected chi connectivity index (χ2v) is 10.2. The first-order chi connectivity index (χ1) is 15.9. The number of primary amides is 1. The number of fused-ring (bicyclic) bond motifs is 4. The molecule has 1 aromatic carbocycles. The highest BCUT2D eigenvalue weighted by molar-refractivity contribution is 5.93. The highest BCUT2D eigenvalue weighted by Gasteiger charge is 2.56. The molecule has 1 saturated carbocycles. The van der Waals surface area contributed by atoms with Crippen LogP contribution in [0.3, 0.4) is 0 Å². The first-order valence-electron chi connectivity index (χ1n) is 11.8. The van der Waals surface area contributed by atoms with E-state index < -0.39 is 11.9 Å². The summed E-state index contributed by atoms with van der Waals surface area (Å²) < 4.78 is 0. The van der Waals surface area contributed by atoms with Crippen LogP contribution in [-0.2, 0) is 16.0 Å². The molecule has 5 aliphatic rings. The zero-order valence-corrected chi connectivity index (χ0v) is 18.4. The lowest BCUT2D eigenvalue weighted by Gasteiger charge is -2.38. The number of aryl methyl sites for hydroxylation is 1. The summed E-state index contributed by atoms with van der Waals surface area (Å²) in [7, 11) is 0. The summed E-state index contributed by atoms with van der Waals surface area (Å²) >= 11 is 0. The molecule has 9 heteroatoms. The second-order valence-electron chi connectivity index (χ2n) is 10.2. The Kier molecular flexibility index (Phi) is 4.55. The Balaban J connectivity index is 1.13. The van der Waals surface area contributed by atoms with Crippen molar-refractivity contribution in [2.45, 2.75) is 68.4 Å². The average molecular weight is 449 g/mol. The summed E-state index contributed by atoms with van der Waals surface area (Å²) in [6, 6.07) is 6.74. The van der Waals surface area contributed by atoms with Gasteiger partial charge in [0.05, 0.1) is 24.2 Å². The number of rotatable bonds is 5. The van der Waals surface area contributed by atoms with Crippen molar-refractivity contribution in [3.63, 3.8) is 0 Å². The topological polar surface area (TPSA) is 137 Å². The van der Waals surface area contributed by atoms with E-state index in [1.54, 1.807) is 11.0 Å². The minimum atomic E-state index is -0.722. The van der Waals surface area contributed by atoms with Gasteiger partial charge in [0.15, 0.2) is 0 Å². The van der Waals surface area contributed by atoms with Gasteiger partial charge in [0, 0.05) is 30.7 Å². The molecule has 7 atom stereocenters. The number of hydrogen-bond donors (Lipinski definition) is 2. The molecule has 0 aromatic heterocycles. The van der Waals surface area contributed by atoms with Crippen molar-refractivity contribution in [3.05, 3.63) is 34.9 Å². The minimum absolute atomic E-state index is 0.0228. The third-order valence-electron chi connectivity index (χ3n) is 8.38. The van der Waals surface area contributed by atoms with Crippen LogP contribution in [0.5, 0.6) is 0 Å². The van der Waals surface area contributed by atoms with Gasteiger partial charge in [0.1, 0.15) is 6.04 Å². The van der Waals surface area contributed by atoms with E-state index in [2.05, 4.69) is 11.0 Å². The van der Waals surface area contributed by atoms with Crippen LogP contribution in [0.15, 0.2) is 18.2 Å². The Morgan fingerprint density at radius 2 is 2.03 bits per heavy atom. The van der Waals surface area contributed by atoms with Crippen molar-refractivity contribution >= 4 is 17.7 Å². The van der Waals surface area contributed by atoms with Gasteiger partial charge in [-0.3, -0.25) is 19.3 Å². The average Bonchev–Trinajstić information content (AvgIpc) is 3.15. The molecule has 1 unspecified atom stereocenters. The molecule has 6 rings (SSSR count). The maximum absolute atomic E-state index is 13.3. The van der Waals surface area contributed by atoms with Crippen LogP contribution in [0.1, 0.15) is 53.2 Å². The van der Waals surface area contributed by atoms with E-state index in [4.69, 9.17) is 11.5 Å². The Morgan fingerprint density at radius 1 is 1.21 bits per heavy atom. The Morgan fingerprint density at radius 3 is 2.76 bits per heavy atom. The predicted octanol–water partition coefficient (Wildman–Crippen LogP) is -0.102. The van der Waals surface area contributed by atoms with E-state index in [0.717, 1.165) is 43.2 Å². The van der Waals surface area contributed by atoms with Gasteiger partial charge in [-0.25, -0.2) is 0 Å². The first-order valence-corrected chi connectivity index (χ1v) is 11.8. The maximum atomic E-state index is 13.3. The number of piperidine rings is 1. The maximum Gasteiger partial charge on any atom is 0.248 e. The van der Waals surface area contributed by atoms with Crippen LogP contribution in [-0.4, -0.2) is 75.7 Å². The van der Waals surface area contributed by atoms with E-state index >= 15 is 0 Å². The molecule has 33 heavy (non-hydrogen) atoms. The second kappa shape index (κ2) is 7.27. The number of amides is 3. The van der Waals surface area contributed by atoms with Crippen LogP contribution in [0, 0.1) is 17.2 Å². The molecule has 172 valence electrons. The normalized spacial score (nSPS) is 34.8. The highest BCUT2D eigenvalue weighted by Crippen LogP contribution is 2.48. The molecule has 1 aromatic rings. The molecule has 3 saturated heterocycles. The van der Waals surface area contributed by atoms with E-state index in [1.165, 1.54) is 0 Å². The van der Waals surface area contributed by atoms with Gasteiger partial charge in [-0.2, -0.15) is 5.26 Å². The monoisotopic (exact) mass is 448 g/mol. The van der Waals surface area contributed by atoms with Crippen LogP contribution in [0.2, 0.25) is 0 Å². The van der Waals surface area contributed by atoms with Crippen molar-refractivity contribution in [2.24, 2.45) is 17.4 Å². The number of nitriles is 1. The number of nitrogens with zero attached hydrogens (tertiary/aromatic N) is 4. The molecule has 3 heterocycles. The van der Waals surface area contributed by atoms with E-state index in [-0.39, 0.29) is 42.0 Å². The smallest absolute Gasteiger partial charge is 0.248 e. The molecule has 2 aliphatic carbocycles. The summed E-state index contributed by atoms with van der Waals surface area (Å²) in [5.41, 5.74) is 14.4. The summed E-state index contributed by atoms with van der Waals surface area (Å²) in [6.45, 7) is 1.05. The number of carbonyl (C=O) groups is 3. The number of likely N-dealkylation sites (tertiary alicyclic amines) is 3. The Labute approximate surface area is 192 Å². The minimum Gasteiger partial charge on any atom is -0.366 e. The van der Waals surface area contributed by atoms with Crippen LogP contribution in [0.4, 0.5) is 0 Å². The molecule has 0 radical (unpaired) electrons. The van der Waals surface area contributed by atoms with Crippen molar-refractivity contribution in [1.82, 2.24) is 14.7 Å². The lowest BCUT2D eigenvalue weighted by Crippen LogP contribution is -2.57. The molecular weight excluding hydrogens is 420 g/mol. The van der Waals surface area contributed by atoms with E-state index in [0.29, 0.717) is 24.6 Å². The number of piperazine rings is 1. The Bertz CT molecular complexity index is 1100. The van der Waals surface area contributed by atoms with E-state index in [1.807, 2.05) is 17.0 Å². The van der Waals surface area contributed by atoms with Gasteiger partial charge < -0.3 is 21.3 Å². The third-order valence-corrected chi connectivity index (χ3v) is 8.38. The highest BCUT2D eigenvalue weighted by atomic mass is 16.2. The lowest BCUT2D eigenvalue weighted by molar-refractivity contribution is -0.141. The van der Waals surface area contributed by atoms with Gasteiger partial charge in [0.25, 0.3) is 0 Å². The number of nitrogens with two attached hydrogens (primary N) is 2.